The van der Waals surface area contributed by atoms with Crippen molar-refractivity contribution in [3.05, 3.63) is 56.5 Å². The summed E-state index contributed by atoms with van der Waals surface area (Å²) in [5.41, 5.74) is 2.71. The first-order valence-corrected chi connectivity index (χ1v) is 6.39. The van der Waals surface area contributed by atoms with Crippen molar-refractivity contribution in [2.45, 2.75) is 6.54 Å². The summed E-state index contributed by atoms with van der Waals surface area (Å²) in [7, 11) is 1.64. The third-order valence-electron chi connectivity index (χ3n) is 2.54. The molecule has 6 nitrogen and oxygen atoms in total. The van der Waals surface area contributed by atoms with Crippen molar-refractivity contribution < 1.29 is 9.72 Å². The molecule has 0 bridgehead atoms. The molecule has 98 valence electrons. The quantitative estimate of drug-likeness (QED) is 0.634. The molecule has 0 atom stereocenters. The van der Waals surface area contributed by atoms with Crippen LogP contribution in [0.25, 0.3) is 0 Å². The number of aromatic nitrogens is 1. The molecule has 0 aliphatic rings. The molecule has 19 heavy (non-hydrogen) atoms. The molecule has 1 aromatic heterocycles. The van der Waals surface area contributed by atoms with E-state index in [1.807, 2.05) is 0 Å². The summed E-state index contributed by atoms with van der Waals surface area (Å²) < 4.78 is 0. The molecule has 0 spiro atoms. The summed E-state index contributed by atoms with van der Waals surface area (Å²) in [5, 5.41) is 12.3. The van der Waals surface area contributed by atoms with Gasteiger partial charge in [0.05, 0.1) is 10.4 Å². The van der Waals surface area contributed by atoms with E-state index in [0.29, 0.717) is 17.8 Å². The molecule has 7 heteroatoms. The molecule has 0 saturated heterocycles. The van der Waals surface area contributed by atoms with E-state index in [1.54, 1.807) is 30.1 Å². The van der Waals surface area contributed by atoms with Crippen LogP contribution in [0.2, 0.25) is 0 Å². The second-order valence-electron chi connectivity index (χ2n) is 3.96. The predicted molar refractivity (Wildman–Crippen MR) is 71.0 cm³/mol. The van der Waals surface area contributed by atoms with Gasteiger partial charge in [-0.1, -0.05) is 12.1 Å². The lowest BCUT2D eigenvalue weighted by atomic mass is 10.2. The minimum atomic E-state index is -0.453. The number of rotatable bonds is 4. The number of nitro benzene ring substituents is 1. The Bertz CT molecular complexity index is 598. The zero-order valence-corrected chi connectivity index (χ0v) is 11.0. The summed E-state index contributed by atoms with van der Waals surface area (Å²) in [6, 6.07) is 6.24. The first-order chi connectivity index (χ1) is 9.08. The number of nitro groups is 1. The molecule has 2 rings (SSSR count). The molecule has 1 aromatic carbocycles. The fraction of sp³-hybridized carbons (Fsp3) is 0.167. The van der Waals surface area contributed by atoms with Gasteiger partial charge in [-0.25, -0.2) is 4.98 Å². The van der Waals surface area contributed by atoms with Gasteiger partial charge in [-0.15, -0.1) is 11.3 Å². The molecular formula is C12H11N3O3S. The summed E-state index contributed by atoms with van der Waals surface area (Å²) in [5.74, 6) is -0.201. The Kier molecular flexibility index (Phi) is 3.86. The van der Waals surface area contributed by atoms with E-state index in [9.17, 15) is 14.9 Å². The first kappa shape index (κ1) is 13.2. The van der Waals surface area contributed by atoms with Crippen LogP contribution >= 0.6 is 11.3 Å². The minimum Gasteiger partial charge on any atom is -0.336 e. The zero-order chi connectivity index (χ0) is 13.8. The average molecular weight is 277 g/mol. The van der Waals surface area contributed by atoms with Crippen LogP contribution in [-0.2, 0) is 6.54 Å². The number of nitrogens with zero attached hydrogens (tertiary/aromatic N) is 3. The lowest BCUT2D eigenvalue weighted by Crippen LogP contribution is -2.26. The summed E-state index contributed by atoms with van der Waals surface area (Å²) in [4.78, 5) is 27.6. The summed E-state index contributed by atoms with van der Waals surface area (Å²) in [6.07, 6.45) is 0. The fourth-order valence-corrected chi connectivity index (χ4v) is 2.15. The van der Waals surface area contributed by atoms with Gasteiger partial charge in [0.1, 0.15) is 5.69 Å². The fourth-order valence-electron chi connectivity index (χ4n) is 1.63. The number of carbonyl (C=O) groups is 1. The summed E-state index contributed by atoms with van der Waals surface area (Å²) in [6.45, 7) is 0.304. The molecule has 0 fully saturated rings. The van der Waals surface area contributed by atoms with Crippen LogP contribution in [-0.4, -0.2) is 27.8 Å². The Balaban J connectivity index is 2.10. The maximum Gasteiger partial charge on any atom is 0.273 e. The number of carbonyl (C=O) groups excluding carboxylic acids is 1. The van der Waals surface area contributed by atoms with E-state index in [0.717, 1.165) is 0 Å². The third kappa shape index (κ3) is 3.14. The first-order valence-electron chi connectivity index (χ1n) is 5.45. The minimum absolute atomic E-state index is 0.0204. The Hall–Kier alpha value is -2.28. The number of non-ortho nitro benzene ring substituents is 1. The topological polar surface area (TPSA) is 76.3 Å². The van der Waals surface area contributed by atoms with Crippen LogP contribution in [0.4, 0.5) is 5.69 Å². The van der Waals surface area contributed by atoms with E-state index >= 15 is 0 Å². The third-order valence-corrected chi connectivity index (χ3v) is 3.13. The molecule has 2 aromatic rings. The van der Waals surface area contributed by atoms with E-state index < -0.39 is 4.92 Å². The van der Waals surface area contributed by atoms with Crippen LogP contribution in [0.5, 0.6) is 0 Å². The van der Waals surface area contributed by atoms with Crippen molar-refractivity contribution in [3.63, 3.8) is 0 Å². The average Bonchev–Trinajstić information content (AvgIpc) is 2.92. The normalized spacial score (nSPS) is 10.2. The van der Waals surface area contributed by atoms with Crippen LogP contribution in [0, 0.1) is 10.1 Å². The number of hydrogen-bond donors (Lipinski definition) is 0. The number of thiazole rings is 1. The highest BCUT2D eigenvalue weighted by Crippen LogP contribution is 2.15. The van der Waals surface area contributed by atoms with E-state index in [2.05, 4.69) is 4.98 Å². The molecule has 0 N–H and O–H groups in total. The maximum atomic E-state index is 12.0. The predicted octanol–water partition coefficient (Wildman–Crippen LogP) is 2.32. The van der Waals surface area contributed by atoms with Gasteiger partial charge in [0.25, 0.3) is 11.6 Å². The highest BCUT2D eigenvalue weighted by atomic mass is 32.1. The van der Waals surface area contributed by atoms with Crippen molar-refractivity contribution in [3.8, 4) is 0 Å². The largest absolute Gasteiger partial charge is 0.336 e. The van der Waals surface area contributed by atoms with E-state index in [1.165, 1.54) is 28.4 Å². The number of amides is 1. The van der Waals surface area contributed by atoms with Gasteiger partial charge in [-0.3, -0.25) is 14.9 Å². The SMILES string of the molecule is CN(Cc1cccc([N+](=O)[O-])c1)C(=O)c1cscn1. The highest BCUT2D eigenvalue weighted by Gasteiger charge is 2.14. The Labute approximate surface area is 113 Å². The lowest BCUT2D eigenvalue weighted by Gasteiger charge is -2.15. The van der Waals surface area contributed by atoms with Crippen molar-refractivity contribution in [2.24, 2.45) is 0 Å². The van der Waals surface area contributed by atoms with E-state index in [4.69, 9.17) is 0 Å². The molecule has 0 saturated carbocycles. The van der Waals surface area contributed by atoms with Crippen LogP contribution in [0.3, 0.4) is 0 Å². The van der Waals surface area contributed by atoms with Crippen molar-refractivity contribution in [2.75, 3.05) is 7.05 Å². The van der Waals surface area contributed by atoms with Gasteiger partial charge in [0.2, 0.25) is 0 Å². The smallest absolute Gasteiger partial charge is 0.273 e. The van der Waals surface area contributed by atoms with Crippen LogP contribution in [0.15, 0.2) is 35.2 Å². The number of hydrogen-bond acceptors (Lipinski definition) is 5. The Morgan fingerprint density at radius 1 is 1.53 bits per heavy atom. The van der Waals surface area contributed by atoms with Gasteiger partial charge in [-0.2, -0.15) is 0 Å². The molecule has 0 aliphatic carbocycles. The lowest BCUT2D eigenvalue weighted by molar-refractivity contribution is -0.384. The molecule has 0 radical (unpaired) electrons. The van der Waals surface area contributed by atoms with Crippen molar-refractivity contribution in [1.82, 2.24) is 9.88 Å². The van der Waals surface area contributed by atoms with Crippen LogP contribution in [0.1, 0.15) is 16.1 Å². The molecule has 1 amide bonds. The van der Waals surface area contributed by atoms with Gasteiger partial charge >= 0.3 is 0 Å². The molecule has 1 heterocycles. The van der Waals surface area contributed by atoms with Crippen molar-refractivity contribution in [1.29, 1.82) is 0 Å². The second-order valence-corrected chi connectivity index (χ2v) is 4.68. The monoisotopic (exact) mass is 277 g/mol. The second kappa shape index (κ2) is 5.57. The summed E-state index contributed by atoms with van der Waals surface area (Å²) >= 11 is 1.35. The molecule has 0 aliphatic heterocycles. The van der Waals surface area contributed by atoms with Gasteiger partial charge < -0.3 is 4.90 Å². The van der Waals surface area contributed by atoms with E-state index in [-0.39, 0.29) is 11.6 Å². The van der Waals surface area contributed by atoms with Gasteiger partial charge in [-0.05, 0) is 5.56 Å². The molecule has 0 unspecified atom stereocenters. The highest BCUT2D eigenvalue weighted by molar-refractivity contribution is 7.07. The van der Waals surface area contributed by atoms with Crippen molar-refractivity contribution >= 4 is 22.9 Å². The Morgan fingerprint density at radius 2 is 2.32 bits per heavy atom. The van der Waals surface area contributed by atoms with Gasteiger partial charge in [0.15, 0.2) is 0 Å². The van der Waals surface area contributed by atoms with Crippen LogP contribution < -0.4 is 0 Å². The maximum absolute atomic E-state index is 12.0. The standard InChI is InChI=1S/C12H11N3O3S/c1-14(12(16)11-7-19-8-13-11)6-9-3-2-4-10(5-9)15(17)18/h2-5,7-8H,6H2,1H3. The number of benzene rings is 1. The zero-order valence-electron chi connectivity index (χ0n) is 10.1. The molecular weight excluding hydrogens is 266 g/mol. The van der Waals surface area contributed by atoms with Gasteiger partial charge in [0, 0.05) is 31.1 Å². The Morgan fingerprint density at radius 3 is 2.95 bits per heavy atom.